The second-order valence-corrected chi connectivity index (χ2v) is 5.21. The van der Waals surface area contributed by atoms with Crippen molar-refractivity contribution in [2.75, 3.05) is 5.32 Å². The van der Waals surface area contributed by atoms with Gasteiger partial charge < -0.3 is 15.2 Å². The van der Waals surface area contributed by atoms with E-state index in [1.54, 1.807) is 25.1 Å². The van der Waals surface area contributed by atoms with Crippen LogP contribution in [-0.4, -0.2) is 27.3 Å². The fourth-order valence-electron chi connectivity index (χ4n) is 2.41. The lowest BCUT2D eigenvalue weighted by atomic mass is 10.2. The van der Waals surface area contributed by atoms with Crippen molar-refractivity contribution in [1.82, 2.24) is 20.7 Å². The zero-order chi connectivity index (χ0) is 14.7. The number of carbonyl (C=O) groups excluding carboxylic acids is 1. The van der Waals surface area contributed by atoms with Gasteiger partial charge in [-0.25, -0.2) is 0 Å². The first-order chi connectivity index (χ1) is 10.2. The zero-order valence-corrected chi connectivity index (χ0v) is 11.8. The number of nitrogens with one attached hydrogen (secondary N) is 2. The van der Waals surface area contributed by atoms with Gasteiger partial charge in [-0.3, -0.25) is 4.79 Å². The lowest BCUT2D eigenvalue weighted by molar-refractivity contribution is 0.0932. The quantitative estimate of drug-likeness (QED) is 0.895. The molecule has 7 heteroatoms. The van der Waals surface area contributed by atoms with Gasteiger partial charge in [-0.2, -0.15) is 0 Å². The molecule has 1 fully saturated rings. The fraction of sp³-hybridized carbons (Fsp3) is 0.429. The topological polar surface area (TPSA) is 92.9 Å². The summed E-state index contributed by atoms with van der Waals surface area (Å²) in [6.07, 6.45) is 4.45. The molecule has 0 spiro atoms. The number of hydrogen-bond donors (Lipinski definition) is 2. The lowest BCUT2D eigenvalue weighted by Crippen LogP contribution is -2.33. The Morgan fingerprint density at radius 2 is 2.05 bits per heavy atom. The Bertz CT molecular complexity index is 617. The normalized spacial score (nSPS) is 15.1. The number of rotatable bonds is 4. The van der Waals surface area contributed by atoms with Crippen molar-refractivity contribution in [2.45, 2.75) is 38.6 Å². The predicted molar refractivity (Wildman–Crippen MR) is 76.3 cm³/mol. The minimum Gasteiger partial charge on any atom is -0.360 e. The SMILES string of the molecule is Cc1cc(Nc2ccc(C(=O)NC3CCCC3)nn2)no1. The molecule has 21 heavy (non-hydrogen) atoms. The Morgan fingerprint density at radius 1 is 1.24 bits per heavy atom. The second kappa shape index (κ2) is 5.90. The van der Waals surface area contributed by atoms with Crippen LogP contribution in [0.5, 0.6) is 0 Å². The maximum Gasteiger partial charge on any atom is 0.272 e. The highest BCUT2D eigenvalue weighted by atomic mass is 16.5. The summed E-state index contributed by atoms with van der Waals surface area (Å²) in [6.45, 7) is 1.81. The van der Waals surface area contributed by atoms with Crippen LogP contribution in [0.4, 0.5) is 11.6 Å². The third-order valence-corrected chi connectivity index (χ3v) is 3.47. The summed E-state index contributed by atoms with van der Waals surface area (Å²) in [4.78, 5) is 12.0. The van der Waals surface area contributed by atoms with Gasteiger partial charge in [0.05, 0.1) is 0 Å². The van der Waals surface area contributed by atoms with Crippen LogP contribution >= 0.6 is 0 Å². The van der Waals surface area contributed by atoms with Crippen LogP contribution in [0.25, 0.3) is 0 Å². The Kier molecular flexibility index (Phi) is 3.81. The van der Waals surface area contributed by atoms with Gasteiger partial charge in [0.2, 0.25) is 0 Å². The molecule has 1 amide bonds. The van der Waals surface area contributed by atoms with Crippen LogP contribution in [0.3, 0.4) is 0 Å². The fourth-order valence-corrected chi connectivity index (χ4v) is 2.41. The summed E-state index contributed by atoms with van der Waals surface area (Å²) in [5.41, 5.74) is 0.323. The molecule has 1 aliphatic rings. The molecule has 2 heterocycles. The first kappa shape index (κ1) is 13.5. The molecular weight excluding hydrogens is 270 g/mol. The molecule has 0 bridgehead atoms. The second-order valence-electron chi connectivity index (χ2n) is 5.21. The molecule has 0 unspecified atom stereocenters. The van der Waals surface area contributed by atoms with Crippen molar-refractivity contribution >= 4 is 17.5 Å². The maximum atomic E-state index is 12.0. The molecule has 0 aromatic carbocycles. The molecule has 2 aromatic rings. The number of nitrogens with zero attached hydrogens (tertiary/aromatic N) is 3. The third-order valence-electron chi connectivity index (χ3n) is 3.47. The lowest BCUT2D eigenvalue weighted by Gasteiger charge is -2.10. The van der Waals surface area contributed by atoms with Crippen LogP contribution in [0, 0.1) is 6.92 Å². The Labute approximate surface area is 122 Å². The van der Waals surface area contributed by atoms with Crippen LogP contribution < -0.4 is 10.6 Å². The molecular formula is C14H17N5O2. The minimum atomic E-state index is -0.168. The summed E-state index contributed by atoms with van der Waals surface area (Å²) < 4.78 is 4.95. The van der Waals surface area contributed by atoms with Gasteiger partial charge >= 0.3 is 0 Å². The van der Waals surface area contributed by atoms with Crippen molar-refractivity contribution in [1.29, 1.82) is 0 Å². The molecule has 110 valence electrons. The third kappa shape index (κ3) is 3.36. The van der Waals surface area contributed by atoms with Crippen molar-refractivity contribution in [3.8, 4) is 0 Å². The summed E-state index contributed by atoms with van der Waals surface area (Å²) in [5, 5.41) is 17.7. The number of carbonyl (C=O) groups is 1. The average molecular weight is 287 g/mol. The maximum absolute atomic E-state index is 12.0. The van der Waals surface area contributed by atoms with Gasteiger partial charge in [-0.15, -0.1) is 10.2 Å². The van der Waals surface area contributed by atoms with Gasteiger partial charge in [0, 0.05) is 12.1 Å². The van der Waals surface area contributed by atoms with E-state index in [1.165, 1.54) is 12.8 Å². The smallest absolute Gasteiger partial charge is 0.272 e. The molecule has 2 aromatic heterocycles. The molecule has 1 aliphatic carbocycles. The summed E-state index contributed by atoms with van der Waals surface area (Å²) >= 11 is 0. The Hall–Kier alpha value is -2.44. The largest absolute Gasteiger partial charge is 0.360 e. The number of aromatic nitrogens is 3. The van der Waals surface area contributed by atoms with E-state index in [0.29, 0.717) is 23.1 Å². The molecule has 0 aliphatic heterocycles. The van der Waals surface area contributed by atoms with Crippen molar-refractivity contribution in [3.05, 3.63) is 29.7 Å². The van der Waals surface area contributed by atoms with E-state index in [4.69, 9.17) is 4.52 Å². The van der Waals surface area contributed by atoms with Gasteiger partial charge in [0.1, 0.15) is 5.76 Å². The molecule has 0 atom stereocenters. The van der Waals surface area contributed by atoms with Gasteiger partial charge in [0.25, 0.3) is 5.91 Å². The summed E-state index contributed by atoms with van der Waals surface area (Å²) in [5.74, 6) is 1.61. The van der Waals surface area contributed by atoms with Gasteiger partial charge in [-0.1, -0.05) is 18.0 Å². The van der Waals surface area contributed by atoms with Crippen LogP contribution in [-0.2, 0) is 0 Å². The molecule has 0 saturated heterocycles. The van der Waals surface area contributed by atoms with E-state index >= 15 is 0 Å². The zero-order valence-electron chi connectivity index (χ0n) is 11.8. The Morgan fingerprint density at radius 3 is 2.67 bits per heavy atom. The summed E-state index contributed by atoms with van der Waals surface area (Å²) in [7, 11) is 0. The number of amides is 1. The van der Waals surface area contributed by atoms with Crippen LogP contribution in [0.15, 0.2) is 22.7 Å². The van der Waals surface area contributed by atoms with Crippen molar-refractivity contribution in [3.63, 3.8) is 0 Å². The molecule has 7 nitrogen and oxygen atoms in total. The number of anilines is 2. The van der Waals surface area contributed by atoms with Crippen LogP contribution in [0.1, 0.15) is 41.9 Å². The average Bonchev–Trinajstić information content (AvgIpc) is 3.12. The van der Waals surface area contributed by atoms with Crippen molar-refractivity contribution < 1.29 is 9.32 Å². The molecule has 1 saturated carbocycles. The predicted octanol–water partition coefficient (Wildman–Crippen LogP) is 2.19. The molecule has 3 rings (SSSR count). The number of aryl methyl sites for hydroxylation is 1. The van der Waals surface area contributed by atoms with E-state index in [-0.39, 0.29) is 11.9 Å². The first-order valence-electron chi connectivity index (χ1n) is 7.05. The first-order valence-corrected chi connectivity index (χ1v) is 7.05. The van der Waals surface area contributed by atoms with Gasteiger partial charge in [0.15, 0.2) is 17.3 Å². The van der Waals surface area contributed by atoms with E-state index in [1.807, 2.05) is 0 Å². The van der Waals surface area contributed by atoms with Crippen LogP contribution in [0.2, 0.25) is 0 Å². The molecule has 0 radical (unpaired) electrons. The monoisotopic (exact) mass is 287 g/mol. The van der Waals surface area contributed by atoms with Crippen molar-refractivity contribution in [2.24, 2.45) is 0 Å². The number of hydrogen-bond acceptors (Lipinski definition) is 6. The van der Waals surface area contributed by atoms with E-state index < -0.39 is 0 Å². The highest BCUT2D eigenvalue weighted by Crippen LogP contribution is 2.18. The van der Waals surface area contributed by atoms with E-state index in [2.05, 4.69) is 26.0 Å². The Balaban J connectivity index is 1.61. The highest BCUT2D eigenvalue weighted by molar-refractivity contribution is 5.92. The minimum absolute atomic E-state index is 0.168. The standard InChI is InChI=1S/C14H17N5O2/c1-9-8-13(19-21-9)16-12-7-6-11(17-18-12)14(20)15-10-4-2-3-5-10/h6-8,10H,2-5H2,1H3,(H,15,20)(H,16,18,19). The van der Waals surface area contributed by atoms with E-state index in [0.717, 1.165) is 12.8 Å². The molecule has 2 N–H and O–H groups in total. The summed E-state index contributed by atoms with van der Waals surface area (Å²) in [6, 6.07) is 5.37. The van der Waals surface area contributed by atoms with E-state index in [9.17, 15) is 4.79 Å². The van der Waals surface area contributed by atoms with Gasteiger partial charge in [-0.05, 0) is 31.9 Å². The highest BCUT2D eigenvalue weighted by Gasteiger charge is 2.18.